The molecule has 1 rings (SSSR count). The van der Waals surface area contributed by atoms with Crippen LogP contribution in [-0.4, -0.2) is 15.5 Å². The molecule has 0 aliphatic heterocycles. The van der Waals surface area contributed by atoms with Gasteiger partial charge in [0.25, 0.3) is 0 Å². The summed E-state index contributed by atoms with van der Waals surface area (Å²) in [4.78, 5) is 11.2. The fraction of sp³-hybridized carbons (Fsp3) is 0.250. The fourth-order valence-corrected chi connectivity index (χ4v) is 1.25. The predicted octanol–water partition coefficient (Wildman–Crippen LogP) is 0.169. The van der Waals surface area contributed by atoms with Crippen molar-refractivity contribution in [3.63, 3.8) is 0 Å². The van der Waals surface area contributed by atoms with Gasteiger partial charge in [0.1, 0.15) is 11.0 Å². The number of thiocarbonyl (C=S) groups is 1. The number of hydrogen-bond acceptors (Lipinski definition) is 2. The molecule has 0 aliphatic rings. The van der Waals surface area contributed by atoms with Crippen LogP contribution < -0.4 is 11.5 Å². The van der Waals surface area contributed by atoms with Gasteiger partial charge in [-0.2, -0.15) is 0 Å². The minimum atomic E-state index is -0.425. The number of amides is 1. The van der Waals surface area contributed by atoms with E-state index >= 15 is 0 Å². The first-order valence-corrected chi connectivity index (χ1v) is 4.21. The smallest absolute Gasteiger partial charge is 0.240 e. The van der Waals surface area contributed by atoms with Gasteiger partial charge >= 0.3 is 0 Å². The maximum absolute atomic E-state index is 10.9. The minimum absolute atomic E-state index is 0.262. The van der Waals surface area contributed by atoms with E-state index in [9.17, 15) is 4.79 Å². The lowest BCUT2D eigenvalue weighted by Crippen LogP contribution is -2.27. The molecule has 13 heavy (non-hydrogen) atoms. The number of nitrogens with zero attached hydrogens (tertiary/aromatic N) is 1. The molecule has 0 spiro atoms. The third-order valence-electron chi connectivity index (χ3n) is 1.86. The van der Waals surface area contributed by atoms with Crippen LogP contribution in [0.5, 0.6) is 0 Å². The van der Waals surface area contributed by atoms with Crippen molar-refractivity contribution in [1.82, 2.24) is 4.57 Å². The summed E-state index contributed by atoms with van der Waals surface area (Å²) in [5.74, 6) is -0.409. The van der Waals surface area contributed by atoms with Gasteiger partial charge in [0.05, 0.1) is 5.69 Å². The maximum atomic E-state index is 10.9. The number of hydrogen-bond donors (Lipinski definition) is 2. The highest BCUT2D eigenvalue weighted by Crippen LogP contribution is 2.10. The van der Waals surface area contributed by atoms with E-state index in [4.69, 9.17) is 23.7 Å². The van der Waals surface area contributed by atoms with E-state index in [1.165, 1.54) is 0 Å². The van der Waals surface area contributed by atoms with Crippen LogP contribution in [0, 0.1) is 0 Å². The molecule has 1 heterocycles. The van der Waals surface area contributed by atoms with Crippen molar-refractivity contribution in [2.75, 3.05) is 0 Å². The van der Waals surface area contributed by atoms with Crippen molar-refractivity contribution >= 4 is 23.1 Å². The lowest BCUT2D eigenvalue weighted by atomic mass is 10.3. The molecule has 0 saturated heterocycles. The van der Waals surface area contributed by atoms with E-state index in [0.29, 0.717) is 5.69 Å². The molecule has 1 atom stereocenters. The summed E-state index contributed by atoms with van der Waals surface area (Å²) in [5, 5.41) is 0. The second-order valence-electron chi connectivity index (χ2n) is 2.74. The van der Waals surface area contributed by atoms with Crippen molar-refractivity contribution in [1.29, 1.82) is 0 Å². The van der Waals surface area contributed by atoms with Gasteiger partial charge in [-0.3, -0.25) is 4.79 Å². The number of primary amides is 1. The molecule has 4 N–H and O–H groups in total. The van der Waals surface area contributed by atoms with Crippen molar-refractivity contribution in [3.8, 4) is 0 Å². The molecule has 1 aromatic rings. The van der Waals surface area contributed by atoms with Crippen LogP contribution in [0.4, 0.5) is 0 Å². The van der Waals surface area contributed by atoms with E-state index < -0.39 is 11.9 Å². The molecular weight excluding hydrogens is 186 g/mol. The van der Waals surface area contributed by atoms with Gasteiger partial charge in [-0.25, -0.2) is 0 Å². The van der Waals surface area contributed by atoms with Gasteiger partial charge in [-0.15, -0.1) is 0 Å². The van der Waals surface area contributed by atoms with Gasteiger partial charge in [0, 0.05) is 6.20 Å². The van der Waals surface area contributed by atoms with Crippen molar-refractivity contribution in [2.45, 2.75) is 13.0 Å². The Morgan fingerprint density at radius 2 is 2.23 bits per heavy atom. The van der Waals surface area contributed by atoms with Gasteiger partial charge in [0.2, 0.25) is 5.91 Å². The first kappa shape index (κ1) is 9.73. The molecule has 70 valence electrons. The van der Waals surface area contributed by atoms with E-state index in [1.54, 1.807) is 29.8 Å². The highest BCUT2D eigenvalue weighted by molar-refractivity contribution is 7.80. The first-order valence-electron chi connectivity index (χ1n) is 3.80. The molecule has 0 fully saturated rings. The van der Waals surface area contributed by atoms with Crippen LogP contribution in [0.25, 0.3) is 0 Å². The zero-order chi connectivity index (χ0) is 10.0. The van der Waals surface area contributed by atoms with Crippen LogP contribution in [0.3, 0.4) is 0 Å². The maximum Gasteiger partial charge on any atom is 0.240 e. The van der Waals surface area contributed by atoms with Gasteiger partial charge in [-0.1, -0.05) is 12.2 Å². The summed E-state index contributed by atoms with van der Waals surface area (Å²) in [7, 11) is 0. The number of carbonyl (C=O) groups is 1. The summed E-state index contributed by atoms with van der Waals surface area (Å²) < 4.78 is 1.66. The lowest BCUT2D eigenvalue weighted by Gasteiger charge is -2.12. The van der Waals surface area contributed by atoms with Gasteiger partial charge < -0.3 is 16.0 Å². The quantitative estimate of drug-likeness (QED) is 0.678. The molecule has 0 saturated carbocycles. The highest BCUT2D eigenvalue weighted by Gasteiger charge is 2.14. The van der Waals surface area contributed by atoms with Crippen LogP contribution in [0.1, 0.15) is 18.7 Å². The van der Waals surface area contributed by atoms with Gasteiger partial charge in [0.15, 0.2) is 0 Å². The molecular formula is C8H11N3OS. The molecule has 0 aromatic carbocycles. The summed E-state index contributed by atoms with van der Waals surface area (Å²) in [5.41, 5.74) is 11.3. The molecule has 0 aliphatic carbocycles. The van der Waals surface area contributed by atoms with E-state index in [2.05, 4.69) is 0 Å². The lowest BCUT2D eigenvalue weighted by molar-refractivity contribution is -0.120. The Morgan fingerprint density at radius 3 is 2.69 bits per heavy atom. The Labute approximate surface area is 81.5 Å². The SMILES string of the molecule is CC(C(N)=O)n1cccc1C(N)=S. The molecule has 1 aromatic heterocycles. The third-order valence-corrected chi connectivity index (χ3v) is 2.07. The minimum Gasteiger partial charge on any atom is -0.388 e. The monoisotopic (exact) mass is 197 g/mol. The van der Waals surface area contributed by atoms with Crippen LogP contribution >= 0.6 is 12.2 Å². The number of rotatable bonds is 3. The average Bonchev–Trinajstić information content (AvgIpc) is 2.50. The fourth-order valence-electron chi connectivity index (χ4n) is 1.08. The molecule has 1 unspecified atom stereocenters. The van der Waals surface area contributed by atoms with Crippen LogP contribution in [0.15, 0.2) is 18.3 Å². The first-order chi connectivity index (χ1) is 6.04. The Bertz CT molecular complexity index is 345. The van der Waals surface area contributed by atoms with Crippen LogP contribution in [-0.2, 0) is 4.79 Å². The van der Waals surface area contributed by atoms with E-state index in [-0.39, 0.29) is 4.99 Å². The third kappa shape index (κ3) is 1.86. The molecule has 0 radical (unpaired) electrons. The summed E-state index contributed by atoms with van der Waals surface area (Å²) in [6, 6.07) is 3.10. The number of nitrogens with two attached hydrogens (primary N) is 2. The topological polar surface area (TPSA) is 74.0 Å². The van der Waals surface area contributed by atoms with E-state index in [1.807, 2.05) is 0 Å². The normalized spacial score (nSPS) is 12.4. The van der Waals surface area contributed by atoms with Crippen molar-refractivity contribution in [2.24, 2.45) is 11.5 Å². The zero-order valence-electron chi connectivity index (χ0n) is 7.23. The second kappa shape index (κ2) is 3.57. The predicted molar refractivity (Wildman–Crippen MR) is 54.2 cm³/mol. The second-order valence-corrected chi connectivity index (χ2v) is 3.18. The highest BCUT2D eigenvalue weighted by atomic mass is 32.1. The number of carbonyl (C=O) groups excluding carboxylic acids is 1. The Hall–Kier alpha value is -1.36. The Kier molecular flexibility index (Phi) is 2.67. The van der Waals surface area contributed by atoms with Crippen molar-refractivity contribution < 1.29 is 4.79 Å². The largest absolute Gasteiger partial charge is 0.388 e. The Balaban J connectivity index is 3.07. The molecule has 5 heteroatoms. The summed E-state index contributed by atoms with van der Waals surface area (Å²) in [6.45, 7) is 1.70. The average molecular weight is 197 g/mol. The molecule has 0 bridgehead atoms. The molecule has 4 nitrogen and oxygen atoms in total. The number of aromatic nitrogens is 1. The molecule has 1 amide bonds. The van der Waals surface area contributed by atoms with Gasteiger partial charge in [-0.05, 0) is 19.1 Å². The summed E-state index contributed by atoms with van der Waals surface area (Å²) in [6.07, 6.45) is 1.73. The Morgan fingerprint density at radius 1 is 1.62 bits per heavy atom. The van der Waals surface area contributed by atoms with Crippen LogP contribution in [0.2, 0.25) is 0 Å². The zero-order valence-corrected chi connectivity index (χ0v) is 8.04. The van der Waals surface area contributed by atoms with Crippen molar-refractivity contribution in [3.05, 3.63) is 24.0 Å². The summed E-state index contributed by atoms with van der Waals surface area (Å²) >= 11 is 4.81. The standard InChI is InChI=1S/C8H11N3OS/c1-5(7(9)12)11-4-2-3-6(11)8(10)13/h2-5H,1H3,(H2,9,12)(H2,10,13). The van der Waals surface area contributed by atoms with E-state index in [0.717, 1.165) is 0 Å².